The SMILES string of the molecule is CC(=O)N(c1nc(/C=C/C(=O)Nc2ccc(OC(F)F)cc2)cs1)c1ccccc1F. The topological polar surface area (TPSA) is 71.5 Å². The molecule has 0 saturated heterocycles. The molecule has 31 heavy (non-hydrogen) atoms. The number of para-hydroxylation sites is 1. The van der Waals surface area contributed by atoms with Crippen molar-refractivity contribution in [3.8, 4) is 5.75 Å². The zero-order valence-electron chi connectivity index (χ0n) is 16.1. The van der Waals surface area contributed by atoms with Gasteiger partial charge in [-0.05, 0) is 42.5 Å². The Kier molecular flexibility index (Phi) is 7.03. The molecule has 0 unspecified atom stereocenters. The number of rotatable bonds is 7. The first kappa shape index (κ1) is 22.0. The summed E-state index contributed by atoms with van der Waals surface area (Å²) in [6, 6.07) is 11.3. The average Bonchev–Trinajstić information content (AvgIpc) is 3.17. The Morgan fingerprint density at radius 3 is 2.52 bits per heavy atom. The van der Waals surface area contributed by atoms with E-state index < -0.39 is 24.2 Å². The van der Waals surface area contributed by atoms with Gasteiger partial charge in [0, 0.05) is 24.1 Å². The molecule has 3 aromatic rings. The van der Waals surface area contributed by atoms with E-state index in [-0.39, 0.29) is 16.6 Å². The van der Waals surface area contributed by atoms with Crippen molar-refractivity contribution in [2.75, 3.05) is 10.2 Å². The number of nitrogens with one attached hydrogen (secondary N) is 1. The minimum absolute atomic E-state index is 0.0246. The quantitative estimate of drug-likeness (QED) is 0.504. The van der Waals surface area contributed by atoms with Crippen LogP contribution in [0.3, 0.4) is 0 Å². The minimum atomic E-state index is -2.93. The largest absolute Gasteiger partial charge is 0.435 e. The molecular weight excluding hydrogens is 431 g/mol. The molecule has 0 bridgehead atoms. The number of nitrogens with zero attached hydrogens (tertiary/aromatic N) is 2. The van der Waals surface area contributed by atoms with Crippen LogP contribution < -0.4 is 15.0 Å². The molecule has 0 atom stereocenters. The van der Waals surface area contributed by atoms with Crippen molar-refractivity contribution in [2.45, 2.75) is 13.5 Å². The normalized spacial score (nSPS) is 11.0. The molecule has 1 heterocycles. The van der Waals surface area contributed by atoms with Gasteiger partial charge in [0.25, 0.3) is 0 Å². The van der Waals surface area contributed by atoms with Crippen LogP contribution in [0.4, 0.5) is 29.7 Å². The number of aromatic nitrogens is 1. The summed E-state index contributed by atoms with van der Waals surface area (Å²) in [4.78, 5) is 29.6. The van der Waals surface area contributed by atoms with Crippen LogP contribution in [0.15, 0.2) is 60.0 Å². The highest BCUT2D eigenvalue weighted by Gasteiger charge is 2.20. The number of thiazole rings is 1. The van der Waals surface area contributed by atoms with E-state index >= 15 is 0 Å². The van der Waals surface area contributed by atoms with E-state index in [9.17, 15) is 22.8 Å². The monoisotopic (exact) mass is 447 g/mol. The van der Waals surface area contributed by atoms with Gasteiger partial charge in [-0.2, -0.15) is 8.78 Å². The third-order valence-corrected chi connectivity index (χ3v) is 4.71. The van der Waals surface area contributed by atoms with E-state index in [2.05, 4.69) is 15.0 Å². The fourth-order valence-electron chi connectivity index (χ4n) is 2.56. The second-order valence-electron chi connectivity index (χ2n) is 6.09. The second kappa shape index (κ2) is 9.90. The van der Waals surface area contributed by atoms with Gasteiger partial charge in [0.05, 0.1) is 11.4 Å². The number of amides is 2. The third kappa shape index (κ3) is 5.92. The zero-order chi connectivity index (χ0) is 22.4. The van der Waals surface area contributed by atoms with E-state index in [0.717, 1.165) is 16.2 Å². The van der Waals surface area contributed by atoms with E-state index in [1.54, 1.807) is 11.4 Å². The summed E-state index contributed by atoms with van der Waals surface area (Å²) in [7, 11) is 0. The van der Waals surface area contributed by atoms with Gasteiger partial charge < -0.3 is 10.1 Å². The fourth-order valence-corrected chi connectivity index (χ4v) is 3.41. The number of hydrogen-bond donors (Lipinski definition) is 1. The molecule has 0 aliphatic carbocycles. The van der Waals surface area contributed by atoms with E-state index in [4.69, 9.17) is 0 Å². The Labute approximate surface area is 179 Å². The molecule has 0 aliphatic heterocycles. The van der Waals surface area contributed by atoms with Crippen LogP contribution in [0.1, 0.15) is 12.6 Å². The van der Waals surface area contributed by atoms with Gasteiger partial charge in [-0.15, -0.1) is 11.3 Å². The van der Waals surface area contributed by atoms with Crippen molar-refractivity contribution in [1.82, 2.24) is 4.98 Å². The first-order valence-corrected chi connectivity index (χ1v) is 9.76. The summed E-state index contributed by atoms with van der Waals surface area (Å²) < 4.78 is 42.7. The van der Waals surface area contributed by atoms with E-state index in [1.165, 1.54) is 61.5 Å². The predicted molar refractivity (Wildman–Crippen MR) is 112 cm³/mol. The van der Waals surface area contributed by atoms with Crippen molar-refractivity contribution >= 4 is 45.7 Å². The number of alkyl halides is 2. The Morgan fingerprint density at radius 1 is 1.16 bits per heavy atom. The lowest BCUT2D eigenvalue weighted by Crippen LogP contribution is -2.23. The van der Waals surface area contributed by atoms with Gasteiger partial charge in [-0.1, -0.05) is 12.1 Å². The molecule has 0 saturated carbocycles. The van der Waals surface area contributed by atoms with Crippen LogP contribution in [0, 0.1) is 5.82 Å². The van der Waals surface area contributed by atoms with Gasteiger partial charge >= 0.3 is 6.61 Å². The molecule has 10 heteroatoms. The number of benzene rings is 2. The molecule has 0 aliphatic rings. The highest BCUT2D eigenvalue weighted by molar-refractivity contribution is 7.14. The standard InChI is InChI=1S/C21H16F3N3O3S/c1-13(28)27(18-5-3-2-4-17(18)22)21-26-15(12-31-21)8-11-19(29)25-14-6-9-16(10-7-14)30-20(23)24/h2-12,20H,1H3,(H,25,29)/b11-8+. The van der Waals surface area contributed by atoms with Crippen molar-refractivity contribution in [1.29, 1.82) is 0 Å². The number of carbonyl (C=O) groups is 2. The molecule has 0 radical (unpaired) electrons. The lowest BCUT2D eigenvalue weighted by molar-refractivity contribution is -0.116. The third-order valence-electron chi connectivity index (χ3n) is 3.86. The first-order chi connectivity index (χ1) is 14.8. The smallest absolute Gasteiger partial charge is 0.387 e. The molecule has 1 aromatic heterocycles. The van der Waals surface area contributed by atoms with Crippen LogP contribution in [0.25, 0.3) is 6.08 Å². The van der Waals surface area contributed by atoms with Gasteiger partial charge in [0.2, 0.25) is 11.8 Å². The maximum atomic E-state index is 14.1. The minimum Gasteiger partial charge on any atom is -0.435 e. The summed E-state index contributed by atoms with van der Waals surface area (Å²) in [5, 5.41) is 4.44. The number of anilines is 3. The Morgan fingerprint density at radius 2 is 1.87 bits per heavy atom. The van der Waals surface area contributed by atoms with Gasteiger partial charge in [-0.3, -0.25) is 14.5 Å². The molecule has 2 amide bonds. The Hall–Kier alpha value is -3.66. The summed E-state index contributed by atoms with van der Waals surface area (Å²) in [5.74, 6) is -1.47. The van der Waals surface area contributed by atoms with Gasteiger partial charge in [-0.25, -0.2) is 9.37 Å². The predicted octanol–water partition coefficient (Wildman–Crippen LogP) is 5.22. The van der Waals surface area contributed by atoms with Crippen molar-refractivity contribution < 1.29 is 27.5 Å². The van der Waals surface area contributed by atoms with Crippen LogP contribution in [-0.4, -0.2) is 23.4 Å². The van der Waals surface area contributed by atoms with Crippen LogP contribution in [0.2, 0.25) is 0 Å². The number of carbonyl (C=O) groups excluding carboxylic acids is 2. The molecular formula is C21H16F3N3O3S. The summed E-state index contributed by atoms with van der Waals surface area (Å²) >= 11 is 1.12. The Balaban J connectivity index is 1.67. The summed E-state index contributed by atoms with van der Waals surface area (Å²) in [6.45, 7) is -1.63. The van der Waals surface area contributed by atoms with Crippen molar-refractivity contribution in [3.05, 3.63) is 71.5 Å². The lowest BCUT2D eigenvalue weighted by atomic mass is 10.3. The number of ether oxygens (including phenoxy) is 1. The molecule has 1 N–H and O–H groups in total. The Bertz CT molecular complexity index is 1100. The molecule has 160 valence electrons. The van der Waals surface area contributed by atoms with Crippen LogP contribution >= 0.6 is 11.3 Å². The zero-order valence-corrected chi connectivity index (χ0v) is 16.9. The molecule has 0 fully saturated rings. The van der Waals surface area contributed by atoms with Crippen molar-refractivity contribution in [3.63, 3.8) is 0 Å². The number of hydrogen-bond acceptors (Lipinski definition) is 5. The van der Waals surface area contributed by atoms with Gasteiger partial charge in [0.1, 0.15) is 11.6 Å². The van der Waals surface area contributed by atoms with E-state index in [1.807, 2.05) is 0 Å². The average molecular weight is 447 g/mol. The van der Waals surface area contributed by atoms with E-state index in [0.29, 0.717) is 11.4 Å². The summed E-state index contributed by atoms with van der Waals surface area (Å²) in [6.07, 6.45) is 2.66. The second-order valence-corrected chi connectivity index (χ2v) is 6.92. The lowest BCUT2D eigenvalue weighted by Gasteiger charge is -2.18. The van der Waals surface area contributed by atoms with Gasteiger partial charge in [0.15, 0.2) is 5.13 Å². The highest BCUT2D eigenvalue weighted by Crippen LogP contribution is 2.31. The maximum Gasteiger partial charge on any atom is 0.387 e. The first-order valence-electron chi connectivity index (χ1n) is 8.88. The summed E-state index contributed by atoms with van der Waals surface area (Å²) in [5.41, 5.74) is 0.868. The highest BCUT2D eigenvalue weighted by atomic mass is 32.1. The van der Waals surface area contributed by atoms with Crippen LogP contribution in [0.5, 0.6) is 5.75 Å². The molecule has 6 nitrogen and oxygen atoms in total. The fraction of sp³-hybridized carbons (Fsp3) is 0.0952. The molecule has 3 rings (SSSR count). The van der Waals surface area contributed by atoms with Crippen molar-refractivity contribution in [2.24, 2.45) is 0 Å². The number of halogens is 3. The van der Waals surface area contributed by atoms with Crippen LogP contribution in [-0.2, 0) is 9.59 Å². The molecule has 0 spiro atoms. The molecule has 2 aromatic carbocycles. The maximum absolute atomic E-state index is 14.1.